The van der Waals surface area contributed by atoms with Crippen LogP contribution in [0.1, 0.15) is 10.4 Å². The van der Waals surface area contributed by atoms with Gasteiger partial charge in [-0.15, -0.1) is 0 Å². The molecule has 7 heteroatoms. The maximum Gasteiger partial charge on any atom is 0.341 e. The van der Waals surface area contributed by atoms with Gasteiger partial charge in [-0.1, -0.05) is 30.3 Å². The number of rotatable bonds is 2. The van der Waals surface area contributed by atoms with Gasteiger partial charge in [-0.25, -0.2) is 22.4 Å². The number of carbonyl (C=O) groups is 1. The molecule has 0 fully saturated rings. The van der Waals surface area contributed by atoms with Crippen molar-refractivity contribution in [3.63, 3.8) is 0 Å². The summed E-state index contributed by atoms with van der Waals surface area (Å²) in [7, 11) is 0. The van der Waals surface area contributed by atoms with Gasteiger partial charge in [0, 0.05) is 19.5 Å². The van der Waals surface area contributed by atoms with E-state index in [9.17, 15) is 22.4 Å². The van der Waals surface area contributed by atoms with Crippen molar-refractivity contribution in [3.8, 4) is 11.1 Å². The fourth-order valence-electron chi connectivity index (χ4n) is 1.68. The maximum atomic E-state index is 13.7. The molecule has 2 nitrogen and oxygen atoms in total. The summed E-state index contributed by atoms with van der Waals surface area (Å²) in [6.07, 6.45) is 0. The van der Waals surface area contributed by atoms with Crippen molar-refractivity contribution in [3.05, 3.63) is 59.2 Å². The van der Waals surface area contributed by atoms with E-state index in [2.05, 4.69) is 0 Å². The minimum atomic E-state index is -2.08. The second kappa shape index (κ2) is 6.14. The number of halogens is 4. The number of aromatic carboxylic acids is 1. The van der Waals surface area contributed by atoms with Gasteiger partial charge in [0.25, 0.3) is 0 Å². The Morgan fingerprint density at radius 2 is 1.30 bits per heavy atom. The number of hydrogen-bond acceptors (Lipinski definition) is 1. The third kappa shape index (κ3) is 2.58. The minimum Gasteiger partial charge on any atom is -0.477 e. The molecule has 0 aliphatic carbocycles. The van der Waals surface area contributed by atoms with Crippen molar-refractivity contribution in [1.82, 2.24) is 0 Å². The van der Waals surface area contributed by atoms with Crippen LogP contribution in [-0.2, 0) is 19.5 Å². The minimum absolute atomic E-state index is 0. The summed E-state index contributed by atoms with van der Waals surface area (Å²) in [5.74, 6) is -9.40. The molecule has 100 valence electrons. The molecule has 0 bridgehead atoms. The van der Waals surface area contributed by atoms with Crippen LogP contribution in [0.15, 0.2) is 30.3 Å². The van der Waals surface area contributed by atoms with Crippen LogP contribution >= 0.6 is 0 Å². The van der Waals surface area contributed by atoms with Crippen LogP contribution < -0.4 is 0 Å². The average Bonchev–Trinajstić information content (AvgIpc) is 2.38. The SMILES string of the molecule is O=C(O)c1c(F)c(F)c(-c2ccccc2)c(F)c1F.[Zn]. The zero-order valence-corrected chi connectivity index (χ0v) is 12.9. The first-order chi connectivity index (χ1) is 8.95. The molecule has 0 spiro atoms. The molecule has 0 aliphatic rings. The van der Waals surface area contributed by atoms with Crippen molar-refractivity contribution in [2.24, 2.45) is 0 Å². The Morgan fingerprint density at radius 3 is 1.70 bits per heavy atom. The Hall–Kier alpha value is -1.75. The topological polar surface area (TPSA) is 37.3 Å². The number of hydrogen-bond donors (Lipinski definition) is 1. The Balaban J connectivity index is 0.00000200. The Bertz CT molecular complexity index is 630. The zero-order chi connectivity index (χ0) is 14.2. The van der Waals surface area contributed by atoms with E-state index in [1.54, 1.807) is 6.07 Å². The van der Waals surface area contributed by atoms with Crippen LogP contribution in [0.25, 0.3) is 11.1 Å². The predicted molar refractivity (Wildman–Crippen MR) is 58.7 cm³/mol. The first-order valence-electron chi connectivity index (χ1n) is 5.09. The van der Waals surface area contributed by atoms with E-state index >= 15 is 0 Å². The predicted octanol–water partition coefficient (Wildman–Crippen LogP) is 3.61. The molecule has 0 heterocycles. The summed E-state index contributed by atoms with van der Waals surface area (Å²) in [4.78, 5) is 10.6. The fourth-order valence-corrected chi connectivity index (χ4v) is 1.68. The molecule has 2 aromatic rings. The third-order valence-corrected chi connectivity index (χ3v) is 2.54. The van der Waals surface area contributed by atoms with Crippen LogP contribution in [-0.4, -0.2) is 11.1 Å². The van der Waals surface area contributed by atoms with Crippen LogP contribution in [0.4, 0.5) is 17.6 Å². The zero-order valence-electron chi connectivity index (χ0n) is 9.96. The van der Waals surface area contributed by atoms with E-state index in [4.69, 9.17) is 5.11 Å². The van der Waals surface area contributed by atoms with Crippen LogP contribution in [0, 0.1) is 23.3 Å². The van der Waals surface area contributed by atoms with E-state index < -0.39 is 40.4 Å². The molecule has 0 radical (unpaired) electrons. The second-order valence-corrected chi connectivity index (χ2v) is 3.68. The quantitative estimate of drug-likeness (QED) is 0.517. The fraction of sp³-hybridized carbons (Fsp3) is 0. The standard InChI is InChI=1S/C13H6F4O2.Zn/c14-9-7(6-4-2-1-3-5-6)10(15)12(17)8(11(9)16)13(18)19;/h1-5H,(H,18,19);. The molecule has 2 aromatic carbocycles. The molecule has 0 atom stereocenters. The number of carboxylic acids is 1. The smallest absolute Gasteiger partial charge is 0.341 e. The summed E-state index contributed by atoms with van der Waals surface area (Å²) >= 11 is 0. The second-order valence-electron chi connectivity index (χ2n) is 3.68. The molecule has 0 aliphatic heterocycles. The summed E-state index contributed by atoms with van der Waals surface area (Å²) < 4.78 is 54.4. The van der Waals surface area contributed by atoms with E-state index in [1.165, 1.54) is 24.3 Å². The Morgan fingerprint density at radius 1 is 0.850 bits per heavy atom. The molecule has 2 rings (SSSR count). The first-order valence-corrected chi connectivity index (χ1v) is 5.09. The van der Waals surface area contributed by atoms with Gasteiger partial charge in [0.1, 0.15) is 5.56 Å². The largest absolute Gasteiger partial charge is 0.477 e. The van der Waals surface area contributed by atoms with Crippen LogP contribution in [0.5, 0.6) is 0 Å². The molecule has 0 saturated carbocycles. The Kier molecular flexibility index (Phi) is 5.00. The van der Waals surface area contributed by atoms with Crippen molar-refractivity contribution in [2.45, 2.75) is 0 Å². The van der Waals surface area contributed by atoms with Crippen molar-refractivity contribution >= 4 is 5.97 Å². The summed E-state index contributed by atoms with van der Waals surface area (Å²) in [5.41, 5.74) is -2.66. The number of benzene rings is 2. The van der Waals surface area contributed by atoms with Crippen LogP contribution in [0.2, 0.25) is 0 Å². The van der Waals surface area contributed by atoms with Gasteiger partial charge in [-0.2, -0.15) is 0 Å². The van der Waals surface area contributed by atoms with E-state index in [0.717, 1.165) is 0 Å². The molecular formula is C13H6F4O2Zn. The van der Waals surface area contributed by atoms with Gasteiger partial charge in [0.2, 0.25) is 0 Å². The molecule has 1 N–H and O–H groups in total. The third-order valence-electron chi connectivity index (χ3n) is 2.54. The first kappa shape index (κ1) is 16.3. The van der Waals surface area contributed by atoms with Crippen molar-refractivity contribution in [1.29, 1.82) is 0 Å². The molecule has 0 saturated heterocycles. The molecular weight excluding hydrogens is 330 g/mol. The molecule has 0 unspecified atom stereocenters. The summed E-state index contributed by atoms with van der Waals surface area (Å²) in [6, 6.07) is 6.91. The summed E-state index contributed by atoms with van der Waals surface area (Å²) in [5, 5.41) is 8.54. The van der Waals surface area contributed by atoms with E-state index in [-0.39, 0.29) is 25.0 Å². The van der Waals surface area contributed by atoms with Gasteiger partial charge in [-0.3, -0.25) is 0 Å². The van der Waals surface area contributed by atoms with E-state index in [1.807, 2.05) is 0 Å². The van der Waals surface area contributed by atoms with Crippen molar-refractivity contribution in [2.75, 3.05) is 0 Å². The normalized spacial score (nSPS) is 10.0. The monoisotopic (exact) mass is 334 g/mol. The van der Waals surface area contributed by atoms with E-state index in [0.29, 0.717) is 0 Å². The van der Waals surface area contributed by atoms with Gasteiger partial charge >= 0.3 is 5.97 Å². The maximum absolute atomic E-state index is 13.7. The number of carboxylic acid groups (broad SMARTS) is 1. The molecule has 20 heavy (non-hydrogen) atoms. The van der Waals surface area contributed by atoms with Gasteiger partial charge < -0.3 is 5.11 Å². The average molecular weight is 336 g/mol. The van der Waals surface area contributed by atoms with Gasteiger partial charge in [0.15, 0.2) is 23.3 Å². The van der Waals surface area contributed by atoms with Gasteiger partial charge in [0.05, 0.1) is 5.56 Å². The summed E-state index contributed by atoms with van der Waals surface area (Å²) in [6.45, 7) is 0. The Labute approximate surface area is 123 Å². The van der Waals surface area contributed by atoms with Gasteiger partial charge in [-0.05, 0) is 5.56 Å². The van der Waals surface area contributed by atoms with Crippen LogP contribution in [0.3, 0.4) is 0 Å². The molecule has 0 aromatic heterocycles. The van der Waals surface area contributed by atoms with Crippen molar-refractivity contribution < 1.29 is 46.9 Å². The molecule has 0 amide bonds.